The molecule has 0 aromatic carbocycles. The van der Waals surface area contributed by atoms with Crippen LogP contribution in [0.1, 0.15) is 32.1 Å². The number of nitrogens with one attached hydrogen (secondary N) is 1. The molecule has 15 heavy (non-hydrogen) atoms. The summed E-state index contributed by atoms with van der Waals surface area (Å²) in [6, 6.07) is 0.158. The van der Waals surface area contributed by atoms with Crippen molar-refractivity contribution in [2.75, 3.05) is 19.6 Å². The summed E-state index contributed by atoms with van der Waals surface area (Å²) in [5.74, 6) is 0.361. The van der Waals surface area contributed by atoms with Crippen molar-refractivity contribution in [1.82, 2.24) is 10.2 Å². The maximum Gasteiger partial charge on any atom is 0.239 e. The first-order chi connectivity index (χ1) is 6.79. The summed E-state index contributed by atoms with van der Waals surface area (Å²) in [5, 5.41) is 3.19. The van der Waals surface area contributed by atoms with Crippen LogP contribution in [0.3, 0.4) is 0 Å². The molecule has 0 aromatic heterocycles. The molecular formula is C11H19ClN2O. The third-order valence-corrected chi connectivity index (χ3v) is 4.29. The average Bonchev–Trinajstić information content (AvgIpc) is 2.43. The number of rotatable bonds is 1. The molecule has 1 spiro atoms. The van der Waals surface area contributed by atoms with Gasteiger partial charge in [-0.3, -0.25) is 4.79 Å². The smallest absolute Gasteiger partial charge is 0.239 e. The number of carbonyl (C=O) groups is 1. The first-order valence-corrected chi connectivity index (χ1v) is 5.81. The normalized spacial score (nSPS) is 31.7. The number of nitrogens with zero attached hydrogens (tertiary/aromatic N) is 1. The Morgan fingerprint density at radius 1 is 1.33 bits per heavy atom. The molecule has 1 saturated carbocycles. The van der Waals surface area contributed by atoms with Gasteiger partial charge in [0.2, 0.25) is 5.91 Å². The van der Waals surface area contributed by atoms with E-state index < -0.39 is 0 Å². The molecule has 3 fully saturated rings. The third kappa shape index (κ3) is 1.76. The van der Waals surface area contributed by atoms with Gasteiger partial charge in [-0.05, 0) is 37.6 Å². The van der Waals surface area contributed by atoms with Crippen LogP contribution in [0.4, 0.5) is 0 Å². The Balaban J connectivity index is 0.000000853. The first kappa shape index (κ1) is 11.2. The molecule has 0 aromatic rings. The lowest BCUT2D eigenvalue weighted by atomic mass is 9.68. The van der Waals surface area contributed by atoms with Crippen LogP contribution in [0.25, 0.3) is 0 Å². The van der Waals surface area contributed by atoms with Crippen molar-refractivity contribution < 1.29 is 4.79 Å². The molecule has 1 amide bonds. The monoisotopic (exact) mass is 230 g/mol. The fourth-order valence-corrected chi connectivity index (χ4v) is 2.93. The number of hydrogen-bond acceptors (Lipinski definition) is 2. The zero-order chi connectivity index (χ0) is 9.60. The molecule has 0 radical (unpaired) electrons. The van der Waals surface area contributed by atoms with Gasteiger partial charge in [-0.1, -0.05) is 6.42 Å². The molecule has 3 rings (SSSR count). The van der Waals surface area contributed by atoms with E-state index in [2.05, 4.69) is 10.2 Å². The fraction of sp³-hybridized carbons (Fsp3) is 0.909. The van der Waals surface area contributed by atoms with Gasteiger partial charge in [0.05, 0.1) is 6.04 Å². The van der Waals surface area contributed by atoms with Gasteiger partial charge in [-0.25, -0.2) is 0 Å². The zero-order valence-corrected chi connectivity index (χ0v) is 9.81. The van der Waals surface area contributed by atoms with Crippen molar-refractivity contribution in [2.24, 2.45) is 5.41 Å². The highest BCUT2D eigenvalue weighted by atomic mass is 35.5. The van der Waals surface area contributed by atoms with Crippen LogP contribution in [-0.4, -0.2) is 36.5 Å². The number of halogens is 1. The van der Waals surface area contributed by atoms with Gasteiger partial charge in [0.25, 0.3) is 0 Å². The van der Waals surface area contributed by atoms with Crippen molar-refractivity contribution in [3.8, 4) is 0 Å². The largest absolute Gasteiger partial charge is 0.341 e. The second-order valence-corrected chi connectivity index (χ2v) is 5.16. The second kappa shape index (κ2) is 3.95. The summed E-state index contributed by atoms with van der Waals surface area (Å²) in [7, 11) is 0. The Morgan fingerprint density at radius 2 is 2.07 bits per heavy atom. The van der Waals surface area contributed by atoms with E-state index in [9.17, 15) is 4.79 Å². The molecule has 0 bridgehead atoms. The minimum absolute atomic E-state index is 0. The predicted molar refractivity (Wildman–Crippen MR) is 61.1 cm³/mol. The van der Waals surface area contributed by atoms with Crippen LogP contribution < -0.4 is 5.32 Å². The van der Waals surface area contributed by atoms with Gasteiger partial charge in [-0.15, -0.1) is 12.4 Å². The molecule has 3 aliphatic rings. The average molecular weight is 231 g/mol. The van der Waals surface area contributed by atoms with Crippen LogP contribution in [0.5, 0.6) is 0 Å². The molecule has 4 heteroatoms. The third-order valence-electron chi connectivity index (χ3n) is 4.29. The highest BCUT2D eigenvalue weighted by Crippen LogP contribution is 2.48. The highest BCUT2D eigenvalue weighted by molar-refractivity contribution is 5.85. The Labute approximate surface area is 97.0 Å². The molecule has 1 atom stereocenters. The lowest BCUT2D eigenvalue weighted by Gasteiger charge is -2.38. The van der Waals surface area contributed by atoms with Crippen LogP contribution in [0.2, 0.25) is 0 Å². The van der Waals surface area contributed by atoms with Gasteiger partial charge in [0, 0.05) is 13.1 Å². The highest BCUT2D eigenvalue weighted by Gasteiger charge is 2.45. The lowest BCUT2D eigenvalue weighted by Crippen LogP contribution is -2.54. The summed E-state index contributed by atoms with van der Waals surface area (Å²) in [5.41, 5.74) is 0.555. The minimum Gasteiger partial charge on any atom is -0.341 e. The van der Waals surface area contributed by atoms with E-state index in [1.54, 1.807) is 0 Å². The van der Waals surface area contributed by atoms with E-state index in [4.69, 9.17) is 0 Å². The van der Waals surface area contributed by atoms with E-state index >= 15 is 0 Å². The van der Waals surface area contributed by atoms with Gasteiger partial charge in [0.1, 0.15) is 0 Å². The van der Waals surface area contributed by atoms with E-state index in [-0.39, 0.29) is 18.4 Å². The Morgan fingerprint density at radius 3 is 2.47 bits per heavy atom. The lowest BCUT2D eigenvalue weighted by molar-refractivity contribution is -0.134. The summed E-state index contributed by atoms with van der Waals surface area (Å²) in [6.45, 7) is 3.08. The number of amides is 1. The Hall–Kier alpha value is -0.280. The van der Waals surface area contributed by atoms with Crippen LogP contribution in [0.15, 0.2) is 0 Å². The van der Waals surface area contributed by atoms with Gasteiger partial charge in [0.15, 0.2) is 0 Å². The maximum absolute atomic E-state index is 11.9. The molecule has 0 unspecified atom stereocenters. The standard InChI is InChI=1S/C11H18N2O.ClH/c14-10(9-2-6-12-9)13-7-5-11(8-13)3-1-4-11;/h9,12H,1-8H2;1H/t9-;/m1./s1. The number of carbonyl (C=O) groups excluding carboxylic acids is 1. The van der Waals surface area contributed by atoms with Crippen molar-refractivity contribution in [3.63, 3.8) is 0 Å². The minimum atomic E-state index is 0. The predicted octanol–water partition coefficient (Wildman–Crippen LogP) is 1.17. The quantitative estimate of drug-likeness (QED) is 0.734. The van der Waals surface area contributed by atoms with Crippen molar-refractivity contribution >= 4 is 18.3 Å². The first-order valence-electron chi connectivity index (χ1n) is 5.81. The van der Waals surface area contributed by atoms with Crippen molar-refractivity contribution in [3.05, 3.63) is 0 Å². The molecule has 3 nitrogen and oxygen atoms in total. The SMILES string of the molecule is Cl.O=C([C@H]1CCN1)N1CCC2(CCC2)C1. The van der Waals surface area contributed by atoms with Gasteiger partial charge < -0.3 is 10.2 Å². The summed E-state index contributed by atoms with van der Waals surface area (Å²) >= 11 is 0. The number of hydrogen-bond donors (Lipinski definition) is 1. The Bertz CT molecular complexity index is 261. The van der Waals surface area contributed by atoms with Gasteiger partial charge >= 0.3 is 0 Å². The Kier molecular flexibility index (Phi) is 2.95. The number of likely N-dealkylation sites (tertiary alicyclic amines) is 1. The van der Waals surface area contributed by atoms with Crippen molar-refractivity contribution in [2.45, 2.75) is 38.1 Å². The van der Waals surface area contributed by atoms with Crippen LogP contribution >= 0.6 is 12.4 Å². The zero-order valence-electron chi connectivity index (χ0n) is 9.00. The summed E-state index contributed by atoms with van der Waals surface area (Å²) < 4.78 is 0. The molecule has 1 N–H and O–H groups in total. The molecule has 2 aliphatic heterocycles. The second-order valence-electron chi connectivity index (χ2n) is 5.16. The van der Waals surface area contributed by atoms with E-state index in [0.717, 1.165) is 26.1 Å². The maximum atomic E-state index is 11.9. The molecule has 1 aliphatic carbocycles. The molecule has 86 valence electrons. The summed E-state index contributed by atoms with van der Waals surface area (Å²) in [6.07, 6.45) is 6.39. The van der Waals surface area contributed by atoms with Gasteiger partial charge in [-0.2, -0.15) is 0 Å². The van der Waals surface area contributed by atoms with E-state index in [1.165, 1.54) is 25.7 Å². The van der Waals surface area contributed by atoms with E-state index in [1.807, 2.05) is 0 Å². The van der Waals surface area contributed by atoms with Crippen LogP contribution in [0, 0.1) is 5.41 Å². The topological polar surface area (TPSA) is 32.3 Å². The molecule has 2 saturated heterocycles. The van der Waals surface area contributed by atoms with Crippen molar-refractivity contribution in [1.29, 1.82) is 0 Å². The molecule has 2 heterocycles. The van der Waals surface area contributed by atoms with Crippen LogP contribution in [-0.2, 0) is 4.79 Å². The van der Waals surface area contributed by atoms with E-state index in [0.29, 0.717) is 11.3 Å². The molecular weight excluding hydrogens is 212 g/mol. The summed E-state index contributed by atoms with van der Waals surface area (Å²) in [4.78, 5) is 14.0. The fourth-order valence-electron chi connectivity index (χ4n) is 2.93.